The van der Waals surface area contributed by atoms with Gasteiger partial charge < -0.3 is 0 Å². The molecule has 0 saturated carbocycles. The molecule has 0 radical (unpaired) electrons. The Hall–Kier alpha value is -1.22. The van der Waals surface area contributed by atoms with E-state index in [1.54, 1.807) is 6.20 Å². The minimum absolute atomic E-state index is 0.447. The number of hydrogen-bond donors (Lipinski definition) is 0. The lowest BCUT2D eigenvalue weighted by Gasteiger charge is -2.19. The highest BCUT2D eigenvalue weighted by Gasteiger charge is 2.22. The normalized spacial score (nSPS) is 22.5. The summed E-state index contributed by atoms with van der Waals surface area (Å²) in [7, 11) is 2.12. The average Bonchev–Trinajstić information content (AvgIpc) is 2.65. The second kappa shape index (κ2) is 3.88. The summed E-state index contributed by atoms with van der Waals surface area (Å²) >= 11 is 0. The average molecular weight is 190 g/mol. The Balaban J connectivity index is 2.26. The first kappa shape index (κ1) is 9.34. The van der Waals surface area contributed by atoms with Crippen molar-refractivity contribution in [2.24, 2.45) is 0 Å². The molecule has 1 aromatic rings. The van der Waals surface area contributed by atoms with Gasteiger partial charge in [0.25, 0.3) is 0 Å². The third-order valence-electron chi connectivity index (χ3n) is 2.82. The number of likely N-dealkylation sites (tertiary alicyclic amines) is 1. The second-order valence-corrected chi connectivity index (χ2v) is 3.81. The Kier molecular flexibility index (Phi) is 2.59. The van der Waals surface area contributed by atoms with Crippen LogP contribution in [0.4, 0.5) is 0 Å². The van der Waals surface area contributed by atoms with E-state index < -0.39 is 0 Å². The lowest BCUT2D eigenvalue weighted by Crippen LogP contribution is -2.17. The van der Waals surface area contributed by atoms with Gasteiger partial charge in [0.15, 0.2) is 6.29 Å². The van der Waals surface area contributed by atoms with Gasteiger partial charge in [0.1, 0.15) is 0 Å². The van der Waals surface area contributed by atoms with Crippen molar-refractivity contribution in [1.82, 2.24) is 9.88 Å². The number of nitrogens with zero attached hydrogens (tertiary/aromatic N) is 2. The van der Waals surface area contributed by atoms with Crippen LogP contribution in [0, 0.1) is 0 Å². The molecule has 0 bridgehead atoms. The van der Waals surface area contributed by atoms with Crippen molar-refractivity contribution in [2.45, 2.75) is 18.9 Å². The van der Waals surface area contributed by atoms with Crippen LogP contribution >= 0.6 is 0 Å². The molecule has 1 aliphatic heterocycles. The fourth-order valence-electron chi connectivity index (χ4n) is 2.05. The number of rotatable bonds is 2. The van der Waals surface area contributed by atoms with E-state index in [-0.39, 0.29) is 0 Å². The van der Waals surface area contributed by atoms with Crippen LogP contribution in [0.5, 0.6) is 0 Å². The Morgan fingerprint density at radius 1 is 1.57 bits per heavy atom. The molecule has 3 nitrogen and oxygen atoms in total. The lowest BCUT2D eigenvalue weighted by molar-refractivity contribution is 0.112. The van der Waals surface area contributed by atoms with E-state index in [0.717, 1.165) is 18.4 Å². The fourth-order valence-corrected chi connectivity index (χ4v) is 2.05. The molecule has 14 heavy (non-hydrogen) atoms. The molecule has 0 aromatic carbocycles. The number of aromatic nitrogens is 1. The minimum Gasteiger partial charge on any atom is -0.299 e. The first-order valence-electron chi connectivity index (χ1n) is 4.91. The van der Waals surface area contributed by atoms with Gasteiger partial charge in [-0.3, -0.25) is 14.7 Å². The Morgan fingerprint density at radius 3 is 3.07 bits per heavy atom. The SMILES string of the molecule is CN1CCC[C@H]1c1cncc(C=O)c1. The van der Waals surface area contributed by atoms with Crippen LogP contribution in [0.3, 0.4) is 0 Å². The van der Waals surface area contributed by atoms with Crippen LogP contribution in [0.1, 0.15) is 34.8 Å². The third kappa shape index (κ3) is 1.68. The van der Waals surface area contributed by atoms with Crippen molar-refractivity contribution in [3.63, 3.8) is 0 Å². The Bertz CT molecular complexity index is 338. The van der Waals surface area contributed by atoms with E-state index in [4.69, 9.17) is 0 Å². The van der Waals surface area contributed by atoms with Crippen molar-refractivity contribution < 1.29 is 4.79 Å². The minimum atomic E-state index is 0.447. The molecule has 1 aliphatic rings. The lowest BCUT2D eigenvalue weighted by atomic mass is 10.1. The van der Waals surface area contributed by atoms with Gasteiger partial charge >= 0.3 is 0 Å². The molecule has 74 valence electrons. The molecule has 1 atom stereocenters. The van der Waals surface area contributed by atoms with Crippen LogP contribution in [0.15, 0.2) is 18.5 Å². The van der Waals surface area contributed by atoms with E-state index in [9.17, 15) is 4.79 Å². The molecular formula is C11H14N2O. The van der Waals surface area contributed by atoms with Gasteiger partial charge in [-0.05, 0) is 38.1 Å². The predicted octanol–water partition coefficient (Wildman–Crippen LogP) is 1.66. The highest BCUT2D eigenvalue weighted by atomic mass is 16.1. The van der Waals surface area contributed by atoms with Crippen molar-refractivity contribution >= 4 is 6.29 Å². The van der Waals surface area contributed by atoms with Gasteiger partial charge in [-0.2, -0.15) is 0 Å². The van der Waals surface area contributed by atoms with E-state index in [0.29, 0.717) is 11.6 Å². The van der Waals surface area contributed by atoms with E-state index in [2.05, 4.69) is 16.9 Å². The molecule has 3 heteroatoms. The number of hydrogen-bond acceptors (Lipinski definition) is 3. The monoisotopic (exact) mass is 190 g/mol. The maximum Gasteiger partial charge on any atom is 0.151 e. The number of aldehydes is 1. The molecule has 0 spiro atoms. The Morgan fingerprint density at radius 2 is 2.43 bits per heavy atom. The van der Waals surface area contributed by atoms with Crippen LogP contribution in [-0.2, 0) is 0 Å². The van der Waals surface area contributed by atoms with Gasteiger partial charge in [0.05, 0.1) is 0 Å². The zero-order valence-corrected chi connectivity index (χ0v) is 8.31. The zero-order chi connectivity index (χ0) is 9.97. The van der Waals surface area contributed by atoms with Gasteiger partial charge in [-0.15, -0.1) is 0 Å². The standard InChI is InChI=1S/C11H14N2O/c1-13-4-2-3-11(13)10-5-9(8-14)6-12-7-10/h5-8,11H,2-4H2,1H3/t11-/m0/s1. The van der Waals surface area contributed by atoms with Gasteiger partial charge in [-0.1, -0.05) is 0 Å². The second-order valence-electron chi connectivity index (χ2n) is 3.81. The van der Waals surface area contributed by atoms with E-state index >= 15 is 0 Å². The molecule has 1 saturated heterocycles. The molecule has 0 amide bonds. The van der Waals surface area contributed by atoms with Gasteiger partial charge in [0.2, 0.25) is 0 Å². The summed E-state index contributed by atoms with van der Waals surface area (Å²) < 4.78 is 0. The van der Waals surface area contributed by atoms with E-state index in [1.165, 1.54) is 12.8 Å². The maximum absolute atomic E-state index is 10.6. The molecule has 1 aromatic heterocycles. The summed E-state index contributed by atoms with van der Waals surface area (Å²) in [6.07, 6.45) is 6.71. The van der Waals surface area contributed by atoms with Gasteiger partial charge in [-0.25, -0.2) is 0 Å². The molecule has 2 rings (SSSR count). The molecule has 0 aliphatic carbocycles. The Labute approximate surface area is 83.8 Å². The molecule has 1 fully saturated rings. The summed E-state index contributed by atoms with van der Waals surface area (Å²) in [5.41, 5.74) is 1.83. The summed E-state index contributed by atoms with van der Waals surface area (Å²) in [5.74, 6) is 0. The largest absolute Gasteiger partial charge is 0.299 e. The van der Waals surface area contributed by atoms with Crippen molar-refractivity contribution in [1.29, 1.82) is 0 Å². The molecule has 2 heterocycles. The number of carbonyl (C=O) groups is 1. The van der Waals surface area contributed by atoms with Crippen molar-refractivity contribution in [2.75, 3.05) is 13.6 Å². The summed E-state index contributed by atoms with van der Waals surface area (Å²) in [6.45, 7) is 1.13. The predicted molar refractivity (Wildman–Crippen MR) is 54.2 cm³/mol. The van der Waals surface area contributed by atoms with Gasteiger partial charge in [0, 0.05) is 24.0 Å². The quantitative estimate of drug-likeness (QED) is 0.665. The first-order chi connectivity index (χ1) is 6.81. The highest BCUT2D eigenvalue weighted by molar-refractivity contribution is 5.74. The topological polar surface area (TPSA) is 33.2 Å². The number of pyridine rings is 1. The first-order valence-corrected chi connectivity index (χ1v) is 4.91. The summed E-state index contributed by atoms with van der Waals surface area (Å²) in [6, 6.07) is 2.38. The fraction of sp³-hybridized carbons (Fsp3) is 0.455. The highest BCUT2D eigenvalue weighted by Crippen LogP contribution is 2.29. The number of carbonyl (C=O) groups excluding carboxylic acids is 1. The van der Waals surface area contributed by atoms with Crippen LogP contribution < -0.4 is 0 Å². The van der Waals surface area contributed by atoms with E-state index in [1.807, 2.05) is 12.3 Å². The third-order valence-corrected chi connectivity index (χ3v) is 2.82. The zero-order valence-electron chi connectivity index (χ0n) is 8.31. The van der Waals surface area contributed by atoms with Crippen molar-refractivity contribution in [3.8, 4) is 0 Å². The van der Waals surface area contributed by atoms with Crippen LogP contribution in [-0.4, -0.2) is 29.8 Å². The molecule has 0 N–H and O–H groups in total. The smallest absolute Gasteiger partial charge is 0.151 e. The summed E-state index contributed by atoms with van der Waals surface area (Å²) in [4.78, 5) is 17.0. The maximum atomic E-state index is 10.6. The molecule has 0 unspecified atom stereocenters. The van der Waals surface area contributed by atoms with Crippen molar-refractivity contribution in [3.05, 3.63) is 29.6 Å². The molecular weight excluding hydrogens is 176 g/mol. The van der Waals surface area contributed by atoms with Crippen LogP contribution in [0.25, 0.3) is 0 Å². The van der Waals surface area contributed by atoms with Crippen LogP contribution in [0.2, 0.25) is 0 Å². The summed E-state index contributed by atoms with van der Waals surface area (Å²) in [5, 5.41) is 0.